The molecular weight excluding hydrogens is 328 g/mol. The van der Waals surface area contributed by atoms with Crippen LogP contribution >= 0.6 is 0 Å². The Morgan fingerprint density at radius 1 is 0.778 bits per heavy atom. The third-order valence-electron chi connectivity index (χ3n) is 6.65. The first-order valence-electron chi connectivity index (χ1n) is 11.0. The molecule has 0 amide bonds. The maximum Gasteiger partial charge on any atom is 0.0164 e. The molecule has 2 fully saturated rings. The van der Waals surface area contributed by atoms with E-state index in [1.807, 2.05) is 0 Å². The Hall–Kier alpha value is -1.64. The third kappa shape index (κ3) is 5.00. The summed E-state index contributed by atoms with van der Waals surface area (Å²) in [5.41, 5.74) is 3.00. The van der Waals surface area contributed by atoms with E-state index in [9.17, 15) is 0 Å². The van der Waals surface area contributed by atoms with Crippen molar-refractivity contribution in [1.29, 1.82) is 0 Å². The molecule has 1 saturated carbocycles. The predicted octanol–water partition coefficient (Wildman–Crippen LogP) is 5.01. The minimum Gasteiger partial charge on any atom is -0.314 e. The first-order chi connectivity index (χ1) is 13.4. The Labute approximate surface area is 165 Å². The van der Waals surface area contributed by atoms with Gasteiger partial charge in [-0.1, -0.05) is 73.5 Å². The Balaban J connectivity index is 1.26. The molecule has 27 heavy (non-hydrogen) atoms. The largest absolute Gasteiger partial charge is 0.314 e. The lowest BCUT2D eigenvalue weighted by atomic mass is 9.78. The molecule has 1 aliphatic carbocycles. The Morgan fingerprint density at radius 2 is 1.44 bits per heavy atom. The highest BCUT2D eigenvalue weighted by Gasteiger charge is 2.33. The normalized spacial score (nSPS) is 24.7. The quantitative estimate of drug-likeness (QED) is 0.777. The van der Waals surface area contributed by atoms with Crippen molar-refractivity contribution in [2.24, 2.45) is 0 Å². The van der Waals surface area contributed by atoms with Crippen molar-refractivity contribution in [3.63, 3.8) is 0 Å². The lowest BCUT2D eigenvalue weighted by molar-refractivity contribution is 0.100. The van der Waals surface area contributed by atoms with E-state index in [0.29, 0.717) is 6.04 Å². The van der Waals surface area contributed by atoms with Gasteiger partial charge < -0.3 is 5.32 Å². The van der Waals surface area contributed by atoms with Gasteiger partial charge in [0.1, 0.15) is 0 Å². The first-order valence-corrected chi connectivity index (χ1v) is 11.0. The number of nitrogens with zero attached hydrogens (tertiary/aromatic N) is 1. The molecule has 0 radical (unpaired) electrons. The molecule has 0 spiro atoms. The summed E-state index contributed by atoms with van der Waals surface area (Å²) in [6.45, 7) is 3.62. The van der Waals surface area contributed by atoms with E-state index in [0.717, 1.165) is 24.9 Å². The van der Waals surface area contributed by atoms with Crippen LogP contribution in [0.5, 0.6) is 0 Å². The van der Waals surface area contributed by atoms with Crippen molar-refractivity contribution in [2.75, 3.05) is 19.6 Å². The van der Waals surface area contributed by atoms with Gasteiger partial charge >= 0.3 is 0 Å². The molecule has 0 unspecified atom stereocenters. The molecule has 4 rings (SSSR count). The minimum atomic E-state index is 0.698. The molecule has 2 aromatic rings. The lowest BCUT2D eigenvalue weighted by Gasteiger charge is -2.43. The van der Waals surface area contributed by atoms with E-state index in [1.54, 1.807) is 5.56 Å². The monoisotopic (exact) mass is 362 g/mol. The third-order valence-corrected chi connectivity index (χ3v) is 6.65. The lowest BCUT2D eigenvalue weighted by Crippen LogP contribution is -2.49. The molecule has 2 nitrogen and oxygen atoms in total. The van der Waals surface area contributed by atoms with E-state index >= 15 is 0 Å². The van der Waals surface area contributed by atoms with Crippen molar-refractivity contribution >= 4 is 0 Å². The number of piperidine rings is 1. The maximum atomic E-state index is 3.81. The van der Waals surface area contributed by atoms with Crippen LogP contribution in [0.1, 0.15) is 55.6 Å². The Kier molecular flexibility index (Phi) is 6.60. The van der Waals surface area contributed by atoms with Crippen LogP contribution in [0.4, 0.5) is 0 Å². The molecule has 1 heterocycles. The summed E-state index contributed by atoms with van der Waals surface area (Å²) in [6.07, 6.45) is 9.28. The molecule has 1 saturated heterocycles. The van der Waals surface area contributed by atoms with Crippen LogP contribution in [-0.4, -0.2) is 36.6 Å². The summed E-state index contributed by atoms with van der Waals surface area (Å²) in [4.78, 5) is 2.81. The molecule has 2 aromatic carbocycles. The van der Waals surface area contributed by atoms with E-state index in [-0.39, 0.29) is 0 Å². The van der Waals surface area contributed by atoms with Gasteiger partial charge in [-0.05, 0) is 68.8 Å². The van der Waals surface area contributed by atoms with Gasteiger partial charge in [-0.2, -0.15) is 0 Å². The van der Waals surface area contributed by atoms with E-state index < -0.39 is 0 Å². The molecule has 1 aliphatic heterocycles. The number of benzene rings is 2. The summed E-state index contributed by atoms with van der Waals surface area (Å²) in [5.74, 6) is 0.738. The zero-order chi connectivity index (χ0) is 18.3. The number of hydrogen-bond acceptors (Lipinski definition) is 2. The zero-order valence-corrected chi connectivity index (χ0v) is 16.5. The van der Waals surface area contributed by atoms with Crippen molar-refractivity contribution in [3.8, 4) is 0 Å². The summed E-state index contributed by atoms with van der Waals surface area (Å²) in [6, 6.07) is 23.6. The SMILES string of the molecule is c1ccc(CCNC2CCN([C@@H]3CCCC[C@@H]3c3ccccc3)CC2)cc1. The van der Waals surface area contributed by atoms with Crippen LogP contribution in [0, 0.1) is 0 Å². The second kappa shape index (κ2) is 9.52. The maximum absolute atomic E-state index is 3.81. The second-order valence-electron chi connectivity index (χ2n) is 8.37. The highest BCUT2D eigenvalue weighted by Crippen LogP contribution is 2.37. The molecular formula is C25H34N2. The Morgan fingerprint density at radius 3 is 2.19 bits per heavy atom. The molecule has 2 aliphatic rings. The molecule has 1 N–H and O–H groups in total. The van der Waals surface area contributed by atoms with Gasteiger partial charge in [0, 0.05) is 12.1 Å². The molecule has 2 atom stereocenters. The minimum absolute atomic E-state index is 0.698. The van der Waals surface area contributed by atoms with E-state index in [4.69, 9.17) is 0 Å². The van der Waals surface area contributed by atoms with Gasteiger partial charge in [-0.15, -0.1) is 0 Å². The standard InChI is InChI=1S/C25H34N2/c1-3-9-21(10-4-1)15-18-26-23-16-19-27(20-17-23)25-14-8-7-13-24(25)22-11-5-2-6-12-22/h1-6,9-12,23-26H,7-8,13-20H2/t24-,25-/m1/s1. The van der Waals surface area contributed by atoms with Crippen molar-refractivity contribution in [3.05, 3.63) is 71.8 Å². The number of likely N-dealkylation sites (tertiary alicyclic amines) is 1. The number of rotatable bonds is 6. The van der Waals surface area contributed by atoms with Crippen LogP contribution in [0.15, 0.2) is 60.7 Å². The van der Waals surface area contributed by atoms with Crippen molar-refractivity contribution in [2.45, 2.75) is 62.9 Å². The topological polar surface area (TPSA) is 15.3 Å². The molecule has 0 bridgehead atoms. The van der Waals surface area contributed by atoms with Crippen molar-refractivity contribution in [1.82, 2.24) is 10.2 Å². The summed E-state index contributed by atoms with van der Waals surface area (Å²) in [7, 11) is 0. The molecule has 2 heteroatoms. The molecule has 144 valence electrons. The highest BCUT2D eigenvalue weighted by atomic mass is 15.2. The van der Waals surface area contributed by atoms with Gasteiger partial charge in [0.25, 0.3) is 0 Å². The summed E-state index contributed by atoms with van der Waals surface area (Å²) >= 11 is 0. The van der Waals surface area contributed by atoms with Gasteiger partial charge in [0.2, 0.25) is 0 Å². The average molecular weight is 363 g/mol. The fourth-order valence-corrected chi connectivity index (χ4v) is 5.14. The van der Waals surface area contributed by atoms with E-state index in [1.165, 1.54) is 57.2 Å². The first kappa shape index (κ1) is 18.7. The van der Waals surface area contributed by atoms with Gasteiger partial charge in [0.15, 0.2) is 0 Å². The summed E-state index contributed by atoms with van der Waals surface area (Å²) in [5, 5.41) is 3.81. The van der Waals surface area contributed by atoms with Crippen molar-refractivity contribution < 1.29 is 0 Å². The Bertz CT molecular complexity index is 661. The van der Waals surface area contributed by atoms with Crippen LogP contribution in [0.2, 0.25) is 0 Å². The summed E-state index contributed by atoms with van der Waals surface area (Å²) < 4.78 is 0. The van der Waals surface area contributed by atoms with Crippen LogP contribution in [0.25, 0.3) is 0 Å². The average Bonchev–Trinajstić information content (AvgIpc) is 2.76. The number of nitrogens with one attached hydrogen (secondary N) is 1. The fraction of sp³-hybridized carbons (Fsp3) is 0.520. The van der Waals surface area contributed by atoms with Gasteiger partial charge in [0.05, 0.1) is 0 Å². The van der Waals surface area contributed by atoms with Crippen LogP contribution in [0.3, 0.4) is 0 Å². The van der Waals surface area contributed by atoms with E-state index in [2.05, 4.69) is 70.9 Å². The fourth-order valence-electron chi connectivity index (χ4n) is 5.14. The van der Waals surface area contributed by atoms with Gasteiger partial charge in [-0.3, -0.25) is 4.90 Å². The van der Waals surface area contributed by atoms with Crippen LogP contribution < -0.4 is 5.32 Å². The smallest absolute Gasteiger partial charge is 0.0164 e. The molecule has 0 aromatic heterocycles. The second-order valence-corrected chi connectivity index (χ2v) is 8.37. The number of hydrogen-bond donors (Lipinski definition) is 1. The van der Waals surface area contributed by atoms with Gasteiger partial charge in [-0.25, -0.2) is 0 Å². The van der Waals surface area contributed by atoms with Crippen LogP contribution in [-0.2, 0) is 6.42 Å². The zero-order valence-electron chi connectivity index (χ0n) is 16.5. The highest BCUT2D eigenvalue weighted by molar-refractivity contribution is 5.22. The predicted molar refractivity (Wildman–Crippen MR) is 114 cm³/mol.